The molecule has 0 saturated carbocycles. The van der Waals surface area contributed by atoms with Crippen LogP contribution in [0.1, 0.15) is 49.5 Å². The van der Waals surface area contributed by atoms with E-state index in [0.29, 0.717) is 17.7 Å². The van der Waals surface area contributed by atoms with Crippen LogP contribution in [0.3, 0.4) is 0 Å². The monoisotopic (exact) mass is 404 g/mol. The lowest BCUT2D eigenvalue weighted by Crippen LogP contribution is -2.34. The number of hydrogen-bond donors (Lipinski definition) is 2. The fourth-order valence-electron chi connectivity index (χ4n) is 3.52. The van der Waals surface area contributed by atoms with Gasteiger partial charge in [0.2, 0.25) is 0 Å². The lowest BCUT2D eigenvalue weighted by atomic mass is 10.0. The number of phenolic OH excluding ortho intramolecular Hbond substituents is 1. The van der Waals surface area contributed by atoms with Crippen LogP contribution in [0.2, 0.25) is 0 Å². The molecule has 2 N–H and O–H groups in total. The van der Waals surface area contributed by atoms with Crippen molar-refractivity contribution < 1.29 is 34.0 Å². The molecule has 2 aliphatic rings. The highest BCUT2D eigenvalue weighted by Crippen LogP contribution is 2.33. The molecular weight excluding hydrogens is 376 g/mol. The molecule has 7 heteroatoms. The number of hydrogen-bond acceptors (Lipinski definition) is 7. The Morgan fingerprint density at radius 2 is 1.93 bits per heavy atom. The molecule has 29 heavy (non-hydrogen) atoms. The van der Waals surface area contributed by atoms with E-state index in [9.17, 15) is 15.0 Å². The summed E-state index contributed by atoms with van der Waals surface area (Å²) in [5.41, 5.74) is 0.503. The first-order valence-corrected chi connectivity index (χ1v) is 9.69. The van der Waals surface area contributed by atoms with E-state index in [2.05, 4.69) is 0 Å². The first-order valence-electron chi connectivity index (χ1n) is 9.69. The van der Waals surface area contributed by atoms with Crippen LogP contribution in [0.5, 0.6) is 11.5 Å². The van der Waals surface area contributed by atoms with E-state index in [4.69, 9.17) is 18.9 Å². The van der Waals surface area contributed by atoms with Crippen molar-refractivity contribution in [3.8, 4) is 11.5 Å². The zero-order chi connectivity index (χ0) is 21.2. The van der Waals surface area contributed by atoms with Gasteiger partial charge in [-0.2, -0.15) is 0 Å². The van der Waals surface area contributed by atoms with Crippen molar-refractivity contribution in [1.82, 2.24) is 0 Å². The Balaban J connectivity index is 1.97. The van der Waals surface area contributed by atoms with Gasteiger partial charge in [0.15, 0.2) is 5.79 Å². The third-order valence-corrected chi connectivity index (χ3v) is 4.88. The van der Waals surface area contributed by atoms with Crippen LogP contribution in [0, 0.1) is 0 Å². The number of cyclic esters (lactones) is 1. The van der Waals surface area contributed by atoms with E-state index in [1.807, 2.05) is 12.2 Å². The molecule has 2 aliphatic heterocycles. The van der Waals surface area contributed by atoms with E-state index in [1.165, 1.54) is 13.2 Å². The van der Waals surface area contributed by atoms with E-state index < -0.39 is 36.2 Å². The van der Waals surface area contributed by atoms with E-state index >= 15 is 0 Å². The molecular formula is C22H28O7. The van der Waals surface area contributed by atoms with Gasteiger partial charge < -0.3 is 29.2 Å². The van der Waals surface area contributed by atoms with Crippen LogP contribution in [0.4, 0.5) is 0 Å². The maximum absolute atomic E-state index is 12.7. The molecule has 158 valence electrons. The number of aliphatic hydroxyl groups excluding tert-OH is 1. The zero-order valence-corrected chi connectivity index (χ0v) is 17.1. The highest BCUT2D eigenvalue weighted by Gasteiger charge is 2.43. The first-order chi connectivity index (χ1) is 13.7. The number of carbonyl (C=O) groups excluding carboxylic acids is 1. The Kier molecular flexibility index (Phi) is 6.31. The molecule has 0 unspecified atom stereocenters. The highest BCUT2D eigenvalue weighted by molar-refractivity contribution is 5.97. The van der Waals surface area contributed by atoms with Crippen LogP contribution in [-0.2, 0) is 14.2 Å². The molecule has 4 atom stereocenters. The normalized spacial score (nSPS) is 30.6. The Labute approximate surface area is 170 Å². The Morgan fingerprint density at radius 1 is 1.17 bits per heavy atom. The van der Waals surface area contributed by atoms with Gasteiger partial charge in [-0.3, -0.25) is 0 Å². The molecule has 1 saturated heterocycles. The Bertz CT molecular complexity index is 812. The van der Waals surface area contributed by atoms with Gasteiger partial charge >= 0.3 is 5.97 Å². The van der Waals surface area contributed by atoms with E-state index in [1.54, 1.807) is 39.0 Å². The van der Waals surface area contributed by atoms with Crippen molar-refractivity contribution in [2.45, 2.75) is 63.8 Å². The van der Waals surface area contributed by atoms with Crippen LogP contribution in [0.15, 0.2) is 30.4 Å². The lowest BCUT2D eigenvalue weighted by molar-refractivity contribution is -0.153. The molecule has 0 aromatic heterocycles. The molecule has 3 rings (SSSR count). The maximum Gasteiger partial charge on any atom is 0.342 e. The minimum Gasteiger partial charge on any atom is -0.507 e. The predicted molar refractivity (Wildman–Crippen MR) is 107 cm³/mol. The summed E-state index contributed by atoms with van der Waals surface area (Å²) in [7, 11) is 1.48. The van der Waals surface area contributed by atoms with Gasteiger partial charge in [0.25, 0.3) is 0 Å². The van der Waals surface area contributed by atoms with Crippen LogP contribution in [0.25, 0.3) is 6.08 Å². The number of benzene rings is 1. The number of phenols is 1. The summed E-state index contributed by atoms with van der Waals surface area (Å²) >= 11 is 0. The quantitative estimate of drug-likeness (QED) is 0.548. The molecule has 0 bridgehead atoms. The third-order valence-electron chi connectivity index (χ3n) is 4.88. The molecule has 1 fully saturated rings. The number of ether oxygens (including phenoxy) is 4. The maximum atomic E-state index is 12.7. The average molecular weight is 404 g/mol. The van der Waals surface area contributed by atoms with Gasteiger partial charge in [-0.25, -0.2) is 4.79 Å². The highest BCUT2D eigenvalue weighted by atomic mass is 16.8. The van der Waals surface area contributed by atoms with Gasteiger partial charge in [0.05, 0.1) is 13.2 Å². The van der Waals surface area contributed by atoms with Crippen molar-refractivity contribution in [3.63, 3.8) is 0 Å². The summed E-state index contributed by atoms with van der Waals surface area (Å²) in [5, 5.41) is 21.0. The lowest BCUT2D eigenvalue weighted by Gasteiger charge is -2.21. The second-order valence-electron chi connectivity index (χ2n) is 7.76. The third kappa shape index (κ3) is 4.98. The van der Waals surface area contributed by atoms with Gasteiger partial charge in [-0.05, 0) is 38.8 Å². The van der Waals surface area contributed by atoms with Crippen LogP contribution < -0.4 is 4.74 Å². The van der Waals surface area contributed by atoms with Gasteiger partial charge in [0.1, 0.15) is 35.4 Å². The number of carbonyl (C=O) groups is 1. The second kappa shape index (κ2) is 8.57. The number of esters is 1. The summed E-state index contributed by atoms with van der Waals surface area (Å²) < 4.78 is 22.5. The van der Waals surface area contributed by atoms with Crippen molar-refractivity contribution >= 4 is 12.0 Å². The SMILES string of the molecule is COc1cc(O)c2c(c1)/C=C/C[C@H](O)[C@@H]1OC(C)(C)O[C@H]1C=CC[C@H](C)OC2=O. The van der Waals surface area contributed by atoms with Crippen molar-refractivity contribution in [2.75, 3.05) is 7.11 Å². The predicted octanol–water partition coefficient (Wildman–Crippen LogP) is 3.19. The van der Waals surface area contributed by atoms with Crippen LogP contribution in [-0.4, -0.2) is 53.5 Å². The minimum atomic E-state index is -0.808. The number of aliphatic hydroxyl groups is 1. The number of fused-ring (bicyclic) bond motifs is 2. The number of aromatic hydroxyl groups is 1. The van der Waals surface area contributed by atoms with Crippen molar-refractivity contribution in [3.05, 3.63) is 41.5 Å². The molecule has 1 aromatic carbocycles. The molecule has 0 amide bonds. The summed E-state index contributed by atoms with van der Waals surface area (Å²) in [6, 6.07) is 3.00. The summed E-state index contributed by atoms with van der Waals surface area (Å²) in [5.74, 6) is -1.24. The average Bonchev–Trinajstić information content (AvgIpc) is 2.95. The number of methoxy groups -OCH3 is 1. The fourth-order valence-corrected chi connectivity index (χ4v) is 3.52. The second-order valence-corrected chi connectivity index (χ2v) is 7.76. The van der Waals surface area contributed by atoms with E-state index in [0.717, 1.165) is 0 Å². The summed E-state index contributed by atoms with van der Waals surface area (Å²) in [4.78, 5) is 12.7. The summed E-state index contributed by atoms with van der Waals surface area (Å²) in [6.07, 6.45) is 5.64. The topological polar surface area (TPSA) is 94.5 Å². The molecule has 0 spiro atoms. The first kappa shape index (κ1) is 21.4. The van der Waals surface area contributed by atoms with E-state index in [-0.39, 0.29) is 17.7 Å². The Hall–Kier alpha value is -2.35. The molecule has 0 aliphatic carbocycles. The smallest absolute Gasteiger partial charge is 0.342 e. The molecule has 7 nitrogen and oxygen atoms in total. The van der Waals surface area contributed by atoms with Crippen LogP contribution >= 0.6 is 0 Å². The zero-order valence-electron chi connectivity index (χ0n) is 17.1. The largest absolute Gasteiger partial charge is 0.507 e. The van der Waals surface area contributed by atoms with Gasteiger partial charge in [-0.1, -0.05) is 24.3 Å². The Morgan fingerprint density at radius 3 is 2.66 bits per heavy atom. The van der Waals surface area contributed by atoms with Gasteiger partial charge in [-0.15, -0.1) is 0 Å². The molecule has 1 aromatic rings. The molecule has 2 heterocycles. The van der Waals surface area contributed by atoms with Crippen molar-refractivity contribution in [1.29, 1.82) is 0 Å². The standard InChI is InChI=1S/C22H28O7/c1-13-7-5-10-18-20(29-22(2,3)28-18)16(23)9-6-8-14-11-15(26-4)12-17(24)19(14)21(25)27-13/h5-6,8,10-13,16,18,20,23-24H,7,9H2,1-4H3/b8-6+,10-5?/t13-,16-,18-,20-/m0/s1. The minimum absolute atomic E-state index is 0.0592. The van der Waals surface area contributed by atoms with Crippen molar-refractivity contribution in [2.24, 2.45) is 0 Å². The molecule has 0 radical (unpaired) electrons. The van der Waals surface area contributed by atoms with Gasteiger partial charge in [0, 0.05) is 12.5 Å². The number of rotatable bonds is 1. The fraction of sp³-hybridized carbons (Fsp3) is 0.500. The summed E-state index contributed by atoms with van der Waals surface area (Å²) in [6.45, 7) is 5.38.